The number of aryl methyl sites for hydroxylation is 1. The highest BCUT2D eigenvalue weighted by Gasteiger charge is 2.03. The van der Waals surface area contributed by atoms with Gasteiger partial charge < -0.3 is 10.3 Å². The number of imidazole rings is 1. The number of hydrogen-bond donors (Lipinski definition) is 2. The SMILES string of the molecule is Cc1nccn1CC=C(NOCCN)c1ccc(Cl)cc1. The van der Waals surface area contributed by atoms with Gasteiger partial charge in [-0.1, -0.05) is 23.7 Å². The second-order valence-corrected chi connectivity index (χ2v) is 4.93. The molecule has 0 aliphatic carbocycles. The molecule has 3 N–H and O–H groups in total. The molecule has 0 fully saturated rings. The van der Waals surface area contributed by atoms with Crippen molar-refractivity contribution >= 4 is 17.3 Å². The van der Waals surface area contributed by atoms with E-state index in [0.29, 0.717) is 24.7 Å². The Morgan fingerprint density at radius 2 is 2.19 bits per heavy atom. The molecule has 0 unspecified atom stereocenters. The van der Waals surface area contributed by atoms with E-state index in [1.807, 2.05) is 48.0 Å². The van der Waals surface area contributed by atoms with Crippen molar-refractivity contribution in [3.63, 3.8) is 0 Å². The third kappa shape index (κ3) is 4.60. The molecule has 112 valence electrons. The van der Waals surface area contributed by atoms with Crippen LogP contribution >= 0.6 is 11.6 Å². The van der Waals surface area contributed by atoms with Gasteiger partial charge in [-0.05, 0) is 30.7 Å². The third-order valence-corrected chi connectivity index (χ3v) is 3.22. The van der Waals surface area contributed by atoms with Crippen LogP contribution in [-0.4, -0.2) is 22.7 Å². The predicted molar refractivity (Wildman–Crippen MR) is 84.5 cm³/mol. The summed E-state index contributed by atoms with van der Waals surface area (Å²) in [4.78, 5) is 9.53. The van der Waals surface area contributed by atoms with Crippen LogP contribution in [0, 0.1) is 6.92 Å². The van der Waals surface area contributed by atoms with Crippen LogP contribution in [0.2, 0.25) is 5.02 Å². The highest BCUT2D eigenvalue weighted by atomic mass is 35.5. The summed E-state index contributed by atoms with van der Waals surface area (Å²) in [5.74, 6) is 0.963. The number of hydrogen-bond acceptors (Lipinski definition) is 4. The molecule has 0 radical (unpaired) electrons. The standard InChI is InChI=1S/C15H19ClN4O/c1-12-18-8-10-20(12)9-6-15(19-21-11-7-17)13-2-4-14(16)5-3-13/h2-6,8,10,19H,7,9,11,17H2,1H3. The Bertz CT molecular complexity index is 592. The number of nitrogens with two attached hydrogens (primary N) is 1. The molecule has 0 amide bonds. The Morgan fingerprint density at radius 3 is 2.81 bits per heavy atom. The topological polar surface area (TPSA) is 65.1 Å². The van der Waals surface area contributed by atoms with Crippen molar-refractivity contribution in [2.75, 3.05) is 13.2 Å². The van der Waals surface area contributed by atoms with E-state index in [4.69, 9.17) is 22.2 Å². The number of rotatable bonds is 7. The summed E-state index contributed by atoms with van der Waals surface area (Å²) < 4.78 is 2.04. The summed E-state index contributed by atoms with van der Waals surface area (Å²) in [6.45, 7) is 3.56. The Kier molecular flexibility index (Phi) is 5.80. The fraction of sp³-hybridized carbons (Fsp3) is 0.267. The van der Waals surface area contributed by atoms with Crippen LogP contribution in [0.25, 0.3) is 5.70 Å². The highest BCUT2D eigenvalue weighted by Crippen LogP contribution is 2.16. The number of allylic oxidation sites excluding steroid dienone is 1. The quantitative estimate of drug-likeness (QED) is 0.609. The second-order valence-electron chi connectivity index (χ2n) is 4.49. The summed E-state index contributed by atoms with van der Waals surface area (Å²) in [6, 6.07) is 7.57. The van der Waals surface area contributed by atoms with E-state index in [-0.39, 0.29) is 0 Å². The third-order valence-electron chi connectivity index (χ3n) is 2.97. The molecule has 2 rings (SSSR count). The molecule has 0 spiro atoms. The zero-order valence-electron chi connectivity index (χ0n) is 11.9. The molecule has 21 heavy (non-hydrogen) atoms. The van der Waals surface area contributed by atoms with Crippen LogP contribution < -0.4 is 11.2 Å². The van der Waals surface area contributed by atoms with Gasteiger partial charge in [-0.2, -0.15) is 0 Å². The number of benzene rings is 1. The first-order valence-corrected chi connectivity index (χ1v) is 7.10. The number of aromatic nitrogens is 2. The lowest BCUT2D eigenvalue weighted by molar-refractivity contribution is 0.0847. The van der Waals surface area contributed by atoms with E-state index < -0.39 is 0 Å². The van der Waals surface area contributed by atoms with Crippen LogP contribution in [0.5, 0.6) is 0 Å². The van der Waals surface area contributed by atoms with Crippen molar-refractivity contribution in [2.24, 2.45) is 5.73 Å². The van der Waals surface area contributed by atoms with Gasteiger partial charge >= 0.3 is 0 Å². The molecule has 0 saturated carbocycles. The molecule has 2 aromatic rings. The van der Waals surface area contributed by atoms with E-state index in [9.17, 15) is 0 Å². The Morgan fingerprint density at radius 1 is 1.43 bits per heavy atom. The molecular weight excluding hydrogens is 288 g/mol. The molecule has 0 saturated heterocycles. The average Bonchev–Trinajstić information content (AvgIpc) is 2.89. The van der Waals surface area contributed by atoms with Crippen molar-refractivity contribution in [1.29, 1.82) is 0 Å². The lowest BCUT2D eigenvalue weighted by Crippen LogP contribution is -2.19. The van der Waals surface area contributed by atoms with Crippen molar-refractivity contribution in [2.45, 2.75) is 13.5 Å². The molecule has 0 bridgehead atoms. The van der Waals surface area contributed by atoms with Gasteiger partial charge in [-0.15, -0.1) is 0 Å². The fourth-order valence-electron chi connectivity index (χ4n) is 1.82. The first-order valence-electron chi connectivity index (χ1n) is 6.72. The van der Waals surface area contributed by atoms with Gasteiger partial charge in [0.1, 0.15) is 5.82 Å². The van der Waals surface area contributed by atoms with Crippen molar-refractivity contribution in [3.05, 3.63) is 59.1 Å². The number of hydroxylamine groups is 1. The molecule has 1 aromatic heterocycles. The second kappa shape index (κ2) is 7.83. The molecule has 0 aliphatic heterocycles. The maximum Gasteiger partial charge on any atom is 0.105 e. The number of halogens is 1. The van der Waals surface area contributed by atoms with Crippen LogP contribution in [0.1, 0.15) is 11.4 Å². The van der Waals surface area contributed by atoms with E-state index in [1.54, 1.807) is 6.20 Å². The van der Waals surface area contributed by atoms with Crippen LogP contribution in [-0.2, 0) is 11.4 Å². The van der Waals surface area contributed by atoms with Gasteiger partial charge in [-0.3, -0.25) is 10.3 Å². The largest absolute Gasteiger partial charge is 0.331 e. The van der Waals surface area contributed by atoms with Crippen molar-refractivity contribution in [3.8, 4) is 0 Å². The van der Waals surface area contributed by atoms with Crippen molar-refractivity contribution < 1.29 is 4.84 Å². The summed E-state index contributed by atoms with van der Waals surface area (Å²) in [5.41, 5.74) is 10.2. The summed E-state index contributed by atoms with van der Waals surface area (Å²) in [6.07, 6.45) is 5.75. The van der Waals surface area contributed by atoms with Gasteiger partial charge in [0.2, 0.25) is 0 Å². The minimum atomic E-state index is 0.440. The maximum absolute atomic E-state index is 5.92. The van der Waals surface area contributed by atoms with Gasteiger partial charge in [-0.25, -0.2) is 4.98 Å². The highest BCUT2D eigenvalue weighted by molar-refractivity contribution is 6.30. The smallest absolute Gasteiger partial charge is 0.105 e. The molecule has 1 aromatic carbocycles. The summed E-state index contributed by atoms with van der Waals surface area (Å²) in [7, 11) is 0. The van der Waals surface area contributed by atoms with Gasteiger partial charge in [0, 0.05) is 30.5 Å². The fourth-order valence-corrected chi connectivity index (χ4v) is 1.95. The Labute approximate surface area is 129 Å². The summed E-state index contributed by atoms with van der Waals surface area (Å²) >= 11 is 5.92. The lowest BCUT2D eigenvalue weighted by atomic mass is 10.1. The first-order chi connectivity index (χ1) is 10.2. The monoisotopic (exact) mass is 306 g/mol. The molecular formula is C15H19ClN4O. The minimum Gasteiger partial charge on any atom is -0.331 e. The average molecular weight is 307 g/mol. The molecule has 0 aliphatic rings. The van der Waals surface area contributed by atoms with Gasteiger partial charge in [0.15, 0.2) is 0 Å². The molecule has 6 heteroatoms. The normalized spacial score (nSPS) is 11.7. The maximum atomic E-state index is 5.92. The van der Waals surface area contributed by atoms with Crippen LogP contribution in [0.3, 0.4) is 0 Å². The molecule has 0 atom stereocenters. The minimum absolute atomic E-state index is 0.440. The van der Waals surface area contributed by atoms with Gasteiger partial charge in [0.25, 0.3) is 0 Å². The van der Waals surface area contributed by atoms with Crippen molar-refractivity contribution in [1.82, 2.24) is 15.0 Å². The Balaban J connectivity index is 2.14. The van der Waals surface area contributed by atoms with Crippen LogP contribution in [0.15, 0.2) is 42.7 Å². The number of nitrogens with one attached hydrogen (secondary N) is 1. The molecule has 5 nitrogen and oxygen atoms in total. The zero-order chi connectivity index (χ0) is 15.1. The Hall–Kier alpha value is -1.82. The predicted octanol–water partition coefficient (Wildman–Crippen LogP) is 2.37. The van der Waals surface area contributed by atoms with Gasteiger partial charge in [0.05, 0.1) is 12.3 Å². The van der Waals surface area contributed by atoms with E-state index >= 15 is 0 Å². The lowest BCUT2D eigenvalue weighted by Gasteiger charge is -2.12. The summed E-state index contributed by atoms with van der Waals surface area (Å²) in [5, 5.41) is 0.700. The first kappa shape index (κ1) is 15.6. The van der Waals surface area contributed by atoms with E-state index in [1.165, 1.54) is 0 Å². The van der Waals surface area contributed by atoms with E-state index in [0.717, 1.165) is 17.1 Å². The zero-order valence-corrected chi connectivity index (χ0v) is 12.7. The van der Waals surface area contributed by atoms with E-state index in [2.05, 4.69) is 10.5 Å². The number of nitrogens with zero attached hydrogens (tertiary/aromatic N) is 2. The van der Waals surface area contributed by atoms with Crippen LogP contribution in [0.4, 0.5) is 0 Å². The molecule has 1 heterocycles.